The second-order valence-corrected chi connectivity index (χ2v) is 6.27. The molecule has 0 amide bonds. The van der Waals surface area contributed by atoms with Gasteiger partial charge in [0.2, 0.25) is 0 Å². The lowest BCUT2D eigenvalue weighted by atomic mass is 9.99. The molecule has 2 aliphatic heterocycles. The van der Waals surface area contributed by atoms with Crippen LogP contribution in [-0.2, 0) is 11.2 Å². The topological polar surface area (TPSA) is 49.8 Å². The van der Waals surface area contributed by atoms with Crippen molar-refractivity contribution in [2.45, 2.75) is 19.4 Å². The molecule has 3 atom stereocenters. The molecular weight excluding hydrogens is 278 g/mol. The fraction of sp³-hybridized carbons (Fsp3) is 0.533. The highest BCUT2D eigenvalue weighted by Crippen LogP contribution is 2.32. The average molecular weight is 296 g/mol. The van der Waals surface area contributed by atoms with Crippen LogP contribution in [-0.4, -0.2) is 41.7 Å². The Bertz CT molecular complexity index is 534. The van der Waals surface area contributed by atoms with Crippen molar-refractivity contribution in [3.8, 4) is 5.75 Å². The first-order chi connectivity index (χ1) is 9.52. The van der Waals surface area contributed by atoms with Crippen molar-refractivity contribution in [1.29, 1.82) is 0 Å². The molecule has 20 heavy (non-hydrogen) atoms. The summed E-state index contributed by atoms with van der Waals surface area (Å²) in [6, 6.07) is 5.69. The van der Waals surface area contributed by atoms with Gasteiger partial charge in [0.05, 0.1) is 5.92 Å². The van der Waals surface area contributed by atoms with E-state index in [0.29, 0.717) is 6.54 Å². The number of halogens is 1. The van der Waals surface area contributed by atoms with E-state index >= 15 is 0 Å². The van der Waals surface area contributed by atoms with Crippen molar-refractivity contribution in [3.05, 3.63) is 28.8 Å². The van der Waals surface area contributed by atoms with Crippen LogP contribution in [0.4, 0.5) is 0 Å². The van der Waals surface area contributed by atoms with Crippen molar-refractivity contribution < 1.29 is 14.6 Å². The number of hydrogen-bond acceptors (Lipinski definition) is 3. The van der Waals surface area contributed by atoms with E-state index in [4.69, 9.17) is 21.4 Å². The fourth-order valence-corrected chi connectivity index (χ4v) is 3.41. The Balaban J connectivity index is 1.60. The standard InChI is InChI=1S/C15H18ClNO3/c1-9-6-17(8-13(9)15(18)19)7-12-5-10-4-11(16)2-3-14(10)20-12/h2-4,9,12-13H,5-8H2,1H3,(H,18,19)/t9-,12?,13-/m1/s1. The number of rotatable bonds is 3. The predicted molar refractivity (Wildman–Crippen MR) is 76.3 cm³/mol. The Hall–Kier alpha value is -1.26. The Labute approximate surface area is 123 Å². The first kappa shape index (κ1) is 13.7. The molecule has 1 saturated heterocycles. The number of benzene rings is 1. The average Bonchev–Trinajstić information content (AvgIpc) is 2.92. The normalized spacial score (nSPS) is 29.2. The molecule has 1 aromatic carbocycles. The number of ether oxygens (including phenoxy) is 1. The van der Waals surface area contributed by atoms with Crippen LogP contribution in [0, 0.1) is 11.8 Å². The van der Waals surface area contributed by atoms with Gasteiger partial charge in [-0.3, -0.25) is 9.69 Å². The Morgan fingerprint density at radius 2 is 2.30 bits per heavy atom. The molecule has 108 valence electrons. The van der Waals surface area contributed by atoms with Crippen LogP contribution in [0.2, 0.25) is 5.02 Å². The van der Waals surface area contributed by atoms with Crippen molar-refractivity contribution in [3.63, 3.8) is 0 Å². The molecule has 2 aliphatic rings. The summed E-state index contributed by atoms with van der Waals surface area (Å²) < 4.78 is 5.91. The molecule has 5 heteroatoms. The van der Waals surface area contributed by atoms with E-state index in [0.717, 1.165) is 35.8 Å². The van der Waals surface area contributed by atoms with Gasteiger partial charge in [-0.25, -0.2) is 0 Å². The van der Waals surface area contributed by atoms with E-state index < -0.39 is 5.97 Å². The Kier molecular flexibility index (Phi) is 3.61. The van der Waals surface area contributed by atoms with Gasteiger partial charge in [-0.2, -0.15) is 0 Å². The van der Waals surface area contributed by atoms with Gasteiger partial charge in [0.1, 0.15) is 11.9 Å². The molecule has 0 saturated carbocycles. The second-order valence-electron chi connectivity index (χ2n) is 5.84. The van der Waals surface area contributed by atoms with Crippen molar-refractivity contribution >= 4 is 17.6 Å². The van der Waals surface area contributed by atoms with E-state index in [1.165, 1.54) is 0 Å². The number of carbonyl (C=O) groups is 1. The SMILES string of the molecule is C[C@@H]1CN(CC2Cc3cc(Cl)ccc3O2)C[C@H]1C(=O)O. The molecule has 1 N–H and O–H groups in total. The van der Waals surface area contributed by atoms with Gasteiger partial charge < -0.3 is 9.84 Å². The minimum Gasteiger partial charge on any atom is -0.488 e. The zero-order valence-electron chi connectivity index (χ0n) is 11.4. The molecule has 0 spiro atoms. The van der Waals surface area contributed by atoms with Crippen LogP contribution >= 0.6 is 11.6 Å². The summed E-state index contributed by atoms with van der Waals surface area (Å²) in [6.07, 6.45) is 0.946. The summed E-state index contributed by atoms with van der Waals surface area (Å²) in [5, 5.41) is 9.89. The molecule has 2 heterocycles. The molecule has 1 unspecified atom stereocenters. The zero-order valence-corrected chi connectivity index (χ0v) is 12.1. The van der Waals surface area contributed by atoms with E-state index in [1.807, 2.05) is 25.1 Å². The number of carboxylic acids is 1. The smallest absolute Gasteiger partial charge is 0.308 e. The van der Waals surface area contributed by atoms with Gasteiger partial charge in [-0.1, -0.05) is 18.5 Å². The van der Waals surface area contributed by atoms with Crippen LogP contribution in [0.25, 0.3) is 0 Å². The van der Waals surface area contributed by atoms with E-state index in [1.54, 1.807) is 0 Å². The molecular formula is C15H18ClNO3. The summed E-state index contributed by atoms with van der Waals surface area (Å²) in [7, 11) is 0. The monoisotopic (exact) mass is 295 g/mol. The summed E-state index contributed by atoms with van der Waals surface area (Å²) in [5.41, 5.74) is 1.14. The Morgan fingerprint density at radius 1 is 1.50 bits per heavy atom. The molecule has 3 rings (SSSR count). The number of hydrogen-bond donors (Lipinski definition) is 1. The largest absolute Gasteiger partial charge is 0.488 e. The predicted octanol–water partition coefficient (Wildman–Crippen LogP) is 2.30. The minimum absolute atomic E-state index is 0.100. The maximum absolute atomic E-state index is 11.1. The third-order valence-corrected chi connectivity index (χ3v) is 4.47. The van der Waals surface area contributed by atoms with Crippen LogP contribution in [0.3, 0.4) is 0 Å². The van der Waals surface area contributed by atoms with E-state index in [-0.39, 0.29) is 17.9 Å². The summed E-state index contributed by atoms with van der Waals surface area (Å²) in [5.74, 6) is 0.155. The quantitative estimate of drug-likeness (QED) is 0.929. The maximum Gasteiger partial charge on any atom is 0.308 e. The van der Waals surface area contributed by atoms with Crippen molar-refractivity contribution in [2.75, 3.05) is 19.6 Å². The Morgan fingerprint density at radius 3 is 3.00 bits per heavy atom. The number of aliphatic carboxylic acids is 1. The summed E-state index contributed by atoms with van der Waals surface area (Å²) in [6.45, 7) is 4.23. The highest BCUT2D eigenvalue weighted by atomic mass is 35.5. The summed E-state index contributed by atoms with van der Waals surface area (Å²) >= 11 is 5.98. The van der Waals surface area contributed by atoms with E-state index in [2.05, 4.69) is 4.90 Å². The minimum atomic E-state index is -0.692. The molecule has 0 aromatic heterocycles. The lowest BCUT2D eigenvalue weighted by Crippen LogP contribution is -2.34. The third kappa shape index (κ3) is 2.63. The number of fused-ring (bicyclic) bond motifs is 1. The first-order valence-electron chi connectivity index (χ1n) is 6.93. The molecule has 0 radical (unpaired) electrons. The summed E-state index contributed by atoms with van der Waals surface area (Å²) in [4.78, 5) is 13.3. The van der Waals surface area contributed by atoms with Crippen LogP contribution < -0.4 is 4.74 Å². The number of nitrogens with zero attached hydrogens (tertiary/aromatic N) is 1. The van der Waals surface area contributed by atoms with Crippen LogP contribution in [0.5, 0.6) is 5.75 Å². The van der Waals surface area contributed by atoms with Gasteiger partial charge in [0, 0.05) is 31.1 Å². The highest BCUT2D eigenvalue weighted by Gasteiger charge is 2.36. The van der Waals surface area contributed by atoms with Crippen LogP contribution in [0.15, 0.2) is 18.2 Å². The fourth-order valence-electron chi connectivity index (χ4n) is 3.22. The third-order valence-electron chi connectivity index (χ3n) is 4.23. The van der Waals surface area contributed by atoms with Gasteiger partial charge in [0.25, 0.3) is 0 Å². The van der Waals surface area contributed by atoms with Crippen molar-refractivity contribution in [1.82, 2.24) is 4.90 Å². The molecule has 1 fully saturated rings. The van der Waals surface area contributed by atoms with E-state index in [9.17, 15) is 4.79 Å². The van der Waals surface area contributed by atoms with Gasteiger partial charge in [0.15, 0.2) is 0 Å². The van der Waals surface area contributed by atoms with Gasteiger partial charge >= 0.3 is 5.97 Å². The first-order valence-corrected chi connectivity index (χ1v) is 7.31. The lowest BCUT2D eigenvalue weighted by Gasteiger charge is -2.19. The lowest BCUT2D eigenvalue weighted by molar-refractivity contribution is -0.142. The maximum atomic E-state index is 11.1. The number of likely N-dealkylation sites (tertiary alicyclic amines) is 1. The highest BCUT2D eigenvalue weighted by molar-refractivity contribution is 6.30. The van der Waals surface area contributed by atoms with Gasteiger partial charge in [-0.05, 0) is 29.7 Å². The van der Waals surface area contributed by atoms with Crippen molar-refractivity contribution in [2.24, 2.45) is 11.8 Å². The molecule has 0 bridgehead atoms. The van der Waals surface area contributed by atoms with Gasteiger partial charge in [-0.15, -0.1) is 0 Å². The molecule has 1 aromatic rings. The molecule has 4 nitrogen and oxygen atoms in total. The van der Waals surface area contributed by atoms with Crippen LogP contribution in [0.1, 0.15) is 12.5 Å². The number of carboxylic acid groups (broad SMARTS) is 1. The molecule has 0 aliphatic carbocycles. The second kappa shape index (κ2) is 5.26. The zero-order chi connectivity index (χ0) is 14.3.